The highest BCUT2D eigenvalue weighted by atomic mass is 16.6. The maximum atomic E-state index is 13.9. The SMILES string of the molecule is COC(=O)C1C[C@@H]2CN1C(=O)[C@H](C(C)(C)C)NC(=O)OCC(C)(C)CCCCOCc1cccc3c1CN(C3)C(=O)O2. The van der Waals surface area contributed by atoms with Crippen LogP contribution in [0.3, 0.4) is 0 Å². The van der Waals surface area contributed by atoms with Crippen LogP contribution in [0.5, 0.6) is 0 Å². The molecular formula is C31H45N3O8. The van der Waals surface area contributed by atoms with E-state index in [1.54, 1.807) is 4.90 Å². The molecule has 4 bridgehead atoms. The van der Waals surface area contributed by atoms with E-state index >= 15 is 0 Å². The fourth-order valence-electron chi connectivity index (χ4n) is 5.76. The molecule has 1 unspecified atom stereocenters. The van der Waals surface area contributed by atoms with Crippen LogP contribution in [0.1, 0.15) is 77.0 Å². The van der Waals surface area contributed by atoms with Crippen LogP contribution in [0.15, 0.2) is 18.2 Å². The minimum Gasteiger partial charge on any atom is -0.467 e. The number of nitrogens with zero attached hydrogens (tertiary/aromatic N) is 2. The van der Waals surface area contributed by atoms with Gasteiger partial charge < -0.3 is 29.2 Å². The van der Waals surface area contributed by atoms with Crippen molar-refractivity contribution in [2.75, 3.05) is 26.9 Å². The van der Waals surface area contributed by atoms with Gasteiger partial charge in [0.2, 0.25) is 5.91 Å². The number of hydrogen-bond acceptors (Lipinski definition) is 8. The molecule has 1 aromatic rings. The molecule has 0 spiro atoms. The standard InChI is InChI=1S/C31H45N3O8/c1-30(2,3)25-26(35)34-16-22(14-24(34)27(36)39-6)42-29(38)33-15-20-10-9-11-21(23(20)17-33)18-40-13-8-7-12-31(4,5)19-41-28(37)32-25/h9-11,22,24-25H,7-8,12-19H2,1-6H3,(H,32,37)/t22-,24?,25-/m1/s1. The van der Waals surface area contributed by atoms with E-state index in [1.165, 1.54) is 12.0 Å². The lowest BCUT2D eigenvalue weighted by Crippen LogP contribution is -2.57. The predicted molar refractivity (Wildman–Crippen MR) is 153 cm³/mol. The number of carbonyl (C=O) groups excluding carboxylic acids is 4. The lowest BCUT2D eigenvalue weighted by Gasteiger charge is -2.35. The molecule has 4 rings (SSSR count). The van der Waals surface area contributed by atoms with Gasteiger partial charge in [0, 0.05) is 19.6 Å². The number of methoxy groups -OCH3 is 1. The van der Waals surface area contributed by atoms with Gasteiger partial charge in [0.25, 0.3) is 0 Å². The van der Waals surface area contributed by atoms with Gasteiger partial charge in [0.1, 0.15) is 18.2 Å². The Morgan fingerprint density at radius 3 is 2.55 bits per heavy atom. The monoisotopic (exact) mass is 587 g/mol. The van der Waals surface area contributed by atoms with Crippen molar-refractivity contribution in [1.29, 1.82) is 0 Å². The number of alkyl carbamates (subject to hydrolysis) is 1. The molecule has 0 saturated carbocycles. The summed E-state index contributed by atoms with van der Waals surface area (Å²) >= 11 is 0. The van der Waals surface area contributed by atoms with Crippen LogP contribution in [0.2, 0.25) is 0 Å². The average molecular weight is 588 g/mol. The maximum absolute atomic E-state index is 13.9. The Bertz CT molecular complexity index is 1180. The third-order valence-electron chi connectivity index (χ3n) is 8.24. The van der Waals surface area contributed by atoms with Crippen molar-refractivity contribution in [2.24, 2.45) is 10.8 Å². The molecule has 3 aliphatic heterocycles. The Morgan fingerprint density at radius 1 is 1.10 bits per heavy atom. The number of amides is 3. The first-order valence-corrected chi connectivity index (χ1v) is 14.7. The highest BCUT2D eigenvalue weighted by Crippen LogP contribution is 2.31. The molecule has 3 amide bonds. The average Bonchev–Trinajstić information content (AvgIpc) is 3.56. The highest BCUT2D eigenvalue weighted by Gasteiger charge is 2.47. The molecule has 3 aliphatic rings. The second kappa shape index (κ2) is 12.9. The van der Waals surface area contributed by atoms with Gasteiger partial charge in [-0.3, -0.25) is 9.69 Å². The fourth-order valence-corrected chi connectivity index (χ4v) is 5.76. The van der Waals surface area contributed by atoms with Crippen molar-refractivity contribution < 1.29 is 38.1 Å². The summed E-state index contributed by atoms with van der Waals surface area (Å²) in [5.41, 5.74) is 2.19. The third kappa shape index (κ3) is 7.53. The Labute approximate surface area is 248 Å². The molecule has 3 atom stereocenters. The van der Waals surface area contributed by atoms with Gasteiger partial charge >= 0.3 is 18.2 Å². The maximum Gasteiger partial charge on any atom is 0.410 e. The number of carbonyl (C=O) groups is 4. The van der Waals surface area contributed by atoms with Crippen molar-refractivity contribution in [3.63, 3.8) is 0 Å². The van der Waals surface area contributed by atoms with E-state index in [0.717, 1.165) is 36.0 Å². The van der Waals surface area contributed by atoms with Gasteiger partial charge in [-0.15, -0.1) is 0 Å². The van der Waals surface area contributed by atoms with Gasteiger partial charge in [-0.2, -0.15) is 0 Å². The number of ether oxygens (including phenoxy) is 4. The zero-order chi connectivity index (χ0) is 30.7. The van der Waals surface area contributed by atoms with Gasteiger partial charge in [-0.05, 0) is 40.4 Å². The van der Waals surface area contributed by atoms with E-state index in [2.05, 4.69) is 5.32 Å². The van der Waals surface area contributed by atoms with Crippen LogP contribution >= 0.6 is 0 Å². The molecule has 11 heteroatoms. The first kappa shape index (κ1) is 31.6. The number of nitrogens with one attached hydrogen (secondary N) is 1. The number of fused-ring (bicyclic) bond motifs is 3. The second-order valence-corrected chi connectivity index (χ2v) is 13.4. The second-order valence-electron chi connectivity index (χ2n) is 13.4. The summed E-state index contributed by atoms with van der Waals surface area (Å²) in [5, 5.41) is 2.74. The van der Waals surface area contributed by atoms with Crippen molar-refractivity contribution >= 4 is 24.1 Å². The molecule has 232 valence electrons. The number of rotatable bonds is 1. The Balaban J connectivity index is 1.58. The number of esters is 1. The van der Waals surface area contributed by atoms with E-state index in [9.17, 15) is 19.2 Å². The molecule has 1 aromatic carbocycles. The Hall–Kier alpha value is -3.34. The van der Waals surface area contributed by atoms with Crippen LogP contribution in [0.25, 0.3) is 0 Å². The molecule has 1 N–H and O–H groups in total. The van der Waals surface area contributed by atoms with E-state index in [1.807, 2.05) is 52.8 Å². The smallest absolute Gasteiger partial charge is 0.410 e. The van der Waals surface area contributed by atoms with Crippen LogP contribution < -0.4 is 5.32 Å². The molecule has 11 nitrogen and oxygen atoms in total. The first-order chi connectivity index (χ1) is 19.8. The zero-order valence-electron chi connectivity index (χ0n) is 25.7. The molecule has 0 aromatic heterocycles. The van der Waals surface area contributed by atoms with Crippen LogP contribution in [0, 0.1) is 10.8 Å². The zero-order valence-corrected chi connectivity index (χ0v) is 25.7. The number of benzene rings is 1. The van der Waals surface area contributed by atoms with Gasteiger partial charge in [0.05, 0.1) is 33.4 Å². The number of hydrogen-bond donors (Lipinski definition) is 1. The van der Waals surface area contributed by atoms with Crippen LogP contribution in [-0.2, 0) is 48.2 Å². The largest absolute Gasteiger partial charge is 0.467 e. The number of cyclic esters (lactones) is 1. The van der Waals surface area contributed by atoms with Crippen LogP contribution in [-0.4, -0.2) is 78.9 Å². The van der Waals surface area contributed by atoms with Gasteiger partial charge in [0.15, 0.2) is 0 Å². The third-order valence-corrected chi connectivity index (χ3v) is 8.24. The molecule has 1 fully saturated rings. The predicted octanol–water partition coefficient (Wildman–Crippen LogP) is 4.15. The van der Waals surface area contributed by atoms with Crippen molar-refractivity contribution in [2.45, 2.75) is 98.2 Å². The normalized spacial score (nSPS) is 26.0. The van der Waals surface area contributed by atoms with Gasteiger partial charge in [-0.25, -0.2) is 14.4 Å². The summed E-state index contributed by atoms with van der Waals surface area (Å²) in [7, 11) is 1.25. The summed E-state index contributed by atoms with van der Waals surface area (Å²) in [5.74, 6) is -1.07. The van der Waals surface area contributed by atoms with Crippen molar-refractivity contribution in [3.8, 4) is 0 Å². The first-order valence-electron chi connectivity index (χ1n) is 14.7. The molecular weight excluding hydrogens is 542 g/mol. The van der Waals surface area contributed by atoms with Crippen molar-refractivity contribution in [1.82, 2.24) is 15.1 Å². The summed E-state index contributed by atoms with van der Waals surface area (Å²) in [6.45, 7) is 11.6. The molecule has 1 saturated heterocycles. The van der Waals surface area contributed by atoms with E-state index in [-0.39, 0.29) is 25.0 Å². The van der Waals surface area contributed by atoms with E-state index < -0.39 is 47.7 Å². The van der Waals surface area contributed by atoms with Crippen LogP contribution in [0.4, 0.5) is 9.59 Å². The molecule has 42 heavy (non-hydrogen) atoms. The van der Waals surface area contributed by atoms with E-state index in [4.69, 9.17) is 18.9 Å². The minimum atomic E-state index is -0.990. The topological polar surface area (TPSA) is 124 Å². The van der Waals surface area contributed by atoms with Gasteiger partial charge in [-0.1, -0.05) is 59.2 Å². The minimum absolute atomic E-state index is 0.000553. The van der Waals surface area contributed by atoms with E-state index in [0.29, 0.717) is 26.3 Å². The molecule has 0 aliphatic carbocycles. The summed E-state index contributed by atoms with van der Waals surface area (Å²) in [4.78, 5) is 55.8. The quantitative estimate of drug-likeness (QED) is 0.384. The highest BCUT2D eigenvalue weighted by molar-refractivity contribution is 5.91. The lowest BCUT2D eigenvalue weighted by atomic mass is 9.85. The summed E-state index contributed by atoms with van der Waals surface area (Å²) in [6.07, 6.45) is 0.757. The fraction of sp³-hybridized carbons (Fsp3) is 0.677. The molecule has 3 heterocycles. The Kier molecular flexibility index (Phi) is 9.70. The Morgan fingerprint density at radius 2 is 1.83 bits per heavy atom. The van der Waals surface area contributed by atoms with Crippen molar-refractivity contribution in [3.05, 3.63) is 34.9 Å². The lowest BCUT2D eigenvalue weighted by molar-refractivity contribution is -0.152. The summed E-state index contributed by atoms with van der Waals surface area (Å²) in [6, 6.07) is 4.05. The summed E-state index contributed by atoms with van der Waals surface area (Å²) < 4.78 is 22.4. The molecule has 0 radical (unpaired) electrons.